The number of hydrogen-bond acceptors (Lipinski definition) is 6. The molecule has 2 aromatic carbocycles. The van der Waals surface area contributed by atoms with Crippen LogP contribution in [0.4, 0.5) is 10.1 Å². The molecule has 47 heavy (non-hydrogen) atoms. The number of hydrogen-bond donors (Lipinski definition) is 4. The van der Waals surface area contributed by atoms with Gasteiger partial charge >= 0.3 is 0 Å². The van der Waals surface area contributed by atoms with E-state index in [2.05, 4.69) is 44.1 Å². The van der Waals surface area contributed by atoms with Crippen LogP contribution in [0.5, 0.6) is 0 Å². The summed E-state index contributed by atoms with van der Waals surface area (Å²) < 4.78 is 15.2. The number of aromatic amines is 1. The maximum Gasteiger partial charge on any atom is 0.231 e. The monoisotopic (exact) mass is 661 g/mol. The van der Waals surface area contributed by atoms with Gasteiger partial charge in [-0.2, -0.15) is 0 Å². The van der Waals surface area contributed by atoms with Crippen molar-refractivity contribution in [2.45, 2.75) is 103 Å². The summed E-state index contributed by atoms with van der Waals surface area (Å²) in [5.41, 5.74) is 16.3. The van der Waals surface area contributed by atoms with Crippen LogP contribution in [-0.2, 0) is 6.42 Å². The van der Waals surface area contributed by atoms with Crippen LogP contribution in [0.25, 0.3) is 17.5 Å². The lowest BCUT2D eigenvalue weighted by Crippen LogP contribution is -2.43. The van der Waals surface area contributed by atoms with E-state index in [0.717, 1.165) is 67.6 Å². The van der Waals surface area contributed by atoms with Crippen LogP contribution in [0.3, 0.4) is 0 Å². The second-order valence-corrected chi connectivity index (χ2v) is 14.2. The van der Waals surface area contributed by atoms with Gasteiger partial charge in [0.2, 0.25) is 6.35 Å². The summed E-state index contributed by atoms with van der Waals surface area (Å²) in [5.74, 6) is 1.05. The van der Waals surface area contributed by atoms with Gasteiger partial charge in [0.25, 0.3) is 0 Å². The molecule has 0 amide bonds. The van der Waals surface area contributed by atoms with Gasteiger partial charge in [-0.1, -0.05) is 36.6 Å². The number of likely N-dealkylation sites (tertiary alicyclic amines) is 1. The number of fused-ring (bicyclic) bond motifs is 1. The molecule has 2 fully saturated rings. The highest BCUT2D eigenvalue weighted by molar-refractivity contribution is 6.31. The van der Waals surface area contributed by atoms with Gasteiger partial charge in [-0.15, -0.1) is 0 Å². The van der Waals surface area contributed by atoms with Gasteiger partial charge in [0, 0.05) is 47.3 Å². The highest BCUT2D eigenvalue weighted by Crippen LogP contribution is 2.39. The van der Waals surface area contributed by atoms with E-state index in [9.17, 15) is 5.11 Å². The zero-order chi connectivity index (χ0) is 33.1. The average molecular weight is 662 g/mol. The van der Waals surface area contributed by atoms with Crippen LogP contribution in [0, 0.1) is 11.7 Å². The molecule has 3 aromatic rings. The molecule has 0 spiro atoms. The predicted molar refractivity (Wildman–Crippen MR) is 189 cm³/mol. The van der Waals surface area contributed by atoms with Crippen LogP contribution < -0.4 is 27.1 Å². The van der Waals surface area contributed by atoms with E-state index in [0.29, 0.717) is 34.7 Å². The number of nitrogens with two attached hydrogens (primary N) is 2. The Morgan fingerprint density at radius 1 is 1.15 bits per heavy atom. The Morgan fingerprint density at radius 2 is 1.94 bits per heavy atom. The Balaban J connectivity index is 1.21. The fraction of sp³-hybridized carbons (Fsp3) is 0.514. The van der Waals surface area contributed by atoms with E-state index in [-0.39, 0.29) is 11.1 Å². The number of rotatable bonds is 13. The van der Waals surface area contributed by atoms with Crippen LogP contribution in [0.15, 0.2) is 52.4 Å². The number of piperidine rings is 1. The first-order valence-electron chi connectivity index (χ1n) is 17.3. The van der Waals surface area contributed by atoms with Crippen molar-refractivity contribution >= 4 is 29.3 Å². The number of amidine groups is 1. The summed E-state index contributed by atoms with van der Waals surface area (Å²) in [4.78, 5) is 16.7. The fourth-order valence-corrected chi connectivity index (χ4v) is 7.40. The number of H-pyrrole nitrogens is 1. The van der Waals surface area contributed by atoms with E-state index in [1.807, 2.05) is 32.2 Å². The number of nitrogens with zero attached hydrogens (tertiary/aromatic N) is 4. The Hall–Kier alpha value is -3.24. The third-order valence-electron chi connectivity index (χ3n) is 9.88. The molecule has 0 bridgehead atoms. The fourth-order valence-electron chi connectivity index (χ4n) is 7.16. The van der Waals surface area contributed by atoms with Gasteiger partial charge in [-0.25, -0.2) is 9.38 Å². The minimum atomic E-state index is -1.11. The van der Waals surface area contributed by atoms with Gasteiger partial charge < -0.3 is 26.5 Å². The highest BCUT2D eigenvalue weighted by atomic mass is 35.5. The van der Waals surface area contributed by atoms with Gasteiger partial charge in [0.1, 0.15) is 5.49 Å². The molecule has 0 radical (unpaired) electrons. The molecule has 8 nitrogen and oxygen atoms in total. The van der Waals surface area contributed by atoms with Gasteiger partial charge in [-0.05, 0) is 119 Å². The van der Waals surface area contributed by atoms with Gasteiger partial charge in [-0.3, -0.25) is 9.89 Å². The SMILES string of the molecule is CC(N)=NCCC1CCCC(c2ccc(N3C=c4cc(-c5cc(CCCC(C)N)cc(Cl)c5F)[nH]c4=NC3O)cc2)N1CCC1CC1. The minimum Gasteiger partial charge on any atom is -0.388 e. The van der Waals surface area contributed by atoms with E-state index < -0.39 is 12.2 Å². The number of aryl methyl sites for hydroxylation is 1. The summed E-state index contributed by atoms with van der Waals surface area (Å²) in [7, 11) is 0. The van der Waals surface area contributed by atoms with Crippen molar-refractivity contribution in [3.05, 3.63) is 75.1 Å². The van der Waals surface area contributed by atoms with Crippen molar-refractivity contribution in [1.29, 1.82) is 0 Å². The first-order chi connectivity index (χ1) is 22.7. The number of benzene rings is 2. The van der Waals surface area contributed by atoms with E-state index in [1.165, 1.54) is 37.7 Å². The van der Waals surface area contributed by atoms with Crippen LogP contribution in [0.1, 0.15) is 88.8 Å². The summed E-state index contributed by atoms with van der Waals surface area (Å²) in [5, 5.41) is 11.9. The molecule has 1 aromatic heterocycles. The third-order valence-corrected chi connectivity index (χ3v) is 10.2. The molecule has 1 saturated carbocycles. The molecular formula is C37H49ClFN7O. The maximum atomic E-state index is 15.2. The van der Waals surface area contributed by atoms with Crippen molar-refractivity contribution < 1.29 is 9.50 Å². The number of anilines is 1. The summed E-state index contributed by atoms with van der Waals surface area (Å²) in [6.07, 6.45) is 11.8. The molecular weight excluding hydrogens is 613 g/mol. The molecule has 1 aliphatic carbocycles. The summed E-state index contributed by atoms with van der Waals surface area (Å²) in [6, 6.07) is 14.9. The first-order valence-corrected chi connectivity index (χ1v) is 17.6. The molecule has 4 atom stereocenters. The van der Waals surface area contributed by atoms with Crippen LogP contribution in [-0.4, -0.2) is 52.4 Å². The second-order valence-electron chi connectivity index (χ2n) is 13.8. The molecule has 4 unspecified atom stereocenters. The third kappa shape index (κ3) is 8.26. The van der Waals surface area contributed by atoms with Crippen molar-refractivity contribution in [2.75, 3.05) is 18.0 Å². The first kappa shape index (κ1) is 33.7. The standard InChI is InChI=1S/C37H49ClFN7O/c1-23(40)5-3-6-26-19-31(35(39)32(38)20-26)33-21-28-22-46(37(47)44-36(28)43-33)30-13-11-27(12-14-30)34-8-4-7-29(15-17-42-24(2)41)45(34)18-16-25-9-10-25/h11-14,19-23,25,29,34,37,47H,3-10,15-18,40H2,1-2H3,(H2,41,42)(H,43,44). The largest absolute Gasteiger partial charge is 0.388 e. The molecule has 10 heteroatoms. The van der Waals surface area contributed by atoms with Crippen molar-refractivity contribution in [3.63, 3.8) is 0 Å². The van der Waals surface area contributed by atoms with Crippen molar-refractivity contribution in [2.24, 2.45) is 27.4 Å². The minimum absolute atomic E-state index is 0.0862. The maximum absolute atomic E-state index is 15.2. The molecule has 6 rings (SSSR count). The number of aliphatic hydroxyl groups excluding tert-OH is 1. The van der Waals surface area contributed by atoms with Crippen molar-refractivity contribution in [1.82, 2.24) is 9.88 Å². The Morgan fingerprint density at radius 3 is 2.66 bits per heavy atom. The van der Waals surface area contributed by atoms with E-state index >= 15 is 4.39 Å². The summed E-state index contributed by atoms with van der Waals surface area (Å²) in [6.45, 7) is 5.73. The Bertz CT molecular complexity index is 1680. The second kappa shape index (κ2) is 14.9. The number of aromatic nitrogens is 1. The number of halogens is 2. The Labute approximate surface area is 282 Å². The van der Waals surface area contributed by atoms with Gasteiger partial charge in [0.05, 0.1) is 16.6 Å². The zero-order valence-electron chi connectivity index (χ0n) is 27.6. The highest BCUT2D eigenvalue weighted by Gasteiger charge is 2.33. The zero-order valence-corrected chi connectivity index (χ0v) is 28.4. The summed E-state index contributed by atoms with van der Waals surface area (Å²) >= 11 is 6.31. The lowest BCUT2D eigenvalue weighted by molar-refractivity contribution is 0.0753. The molecule has 252 valence electrons. The smallest absolute Gasteiger partial charge is 0.231 e. The van der Waals surface area contributed by atoms with Crippen LogP contribution >= 0.6 is 11.6 Å². The van der Waals surface area contributed by atoms with E-state index in [4.69, 9.17) is 23.1 Å². The molecule has 6 N–H and O–H groups in total. The lowest BCUT2D eigenvalue weighted by atomic mass is 9.89. The number of nitrogens with one attached hydrogen (secondary N) is 1. The normalized spacial score (nSPS) is 22.5. The molecule has 3 heterocycles. The predicted octanol–water partition coefficient (Wildman–Crippen LogP) is 5.76. The molecule has 2 aliphatic heterocycles. The van der Waals surface area contributed by atoms with Gasteiger partial charge in [0.15, 0.2) is 5.82 Å². The number of aliphatic imine (C=N–C) groups is 1. The van der Waals surface area contributed by atoms with Crippen molar-refractivity contribution in [3.8, 4) is 11.3 Å². The average Bonchev–Trinajstić information content (AvgIpc) is 3.78. The van der Waals surface area contributed by atoms with E-state index in [1.54, 1.807) is 11.0 Å². The molecule has 3 aliphatic rings. The van der Waals surface area contributed by atoms with Crippen LogP contribution in [0.2, 0.25) is 5.02 Å². The quantitative estimate of drug-likeness (QED) is 0.137. The molecule has 1 saturated heterocycles. The lowest BCUT2D eigenvalue weighted by Gasteiger charge is -2.43. The number of aliphatic hydroxyl groups is 1. The topological polar surface area (TPSA) is 119 Å². The Kier molecular flexibility index (Phi) is 10.7.